The highest BCUT2D eigenvalue weighted by Crippen LogP contribution is 2.01. The van der Waals surface area contributed by atoms with Gasteiger partial charge in [-0.05, 0) is 31.9 Å². The number of imidazole rings is 1. The number of nitrogens with one attached hydrogen (secondary N) is 1. The molecule has 2 aromatic rings. The van der Waals surface area contributed by atoms with Crippen LogP contribution in [0.2, 0.25) is 0 Å². The van der Waals surface area contributed by atoms with E-state index in [-0.39, 0.29) is 5.75 Å². The lowest BCUT2D eigenvalue weighted by molar-refractivity contribution is -0.677. The Morgan fingerprint density at radius 3 is 2.79 bits per heavy atom. The first kappa shape index (κ1) is 18.1. The molecule has 0 aliphatic carbocycles. The van der Waals surface area contributed by atoms with Gasteiger partial charge in [-0.3, -0.25) is 4.98 Å². The van der Waals surface area contributed by atoms with E-state index in [0.717, 1.165) is 18.8 Å². The first-order chi connectivity index (χ1) is 11.4. The summed E-state index contributed by atoms with van der Waals surface area (Å²) in [5, 5.41) is 3.93. The van der Waals surface area contributed by atoms with Crippen LogP contribution in [0.15, 0.2) is 41.9 Å². The zero-order chi connectivity index (χ0) is 17.6. The quantitative estimate of drug-likeness (QED) is 0.335. The SMILES string of the molecule is C/C(=N/NS(=O)(=O)CCCCn1cc[n+](C)c1C)c1ccccn1. The summed E-state index contributed by atoms with van der Waals surface area (Å²) in [7, 11) is -1.44. The number of pyridine rings is 1. The zero-order valence-electron chi connectivity index (χ0n) is 14.3. The molecular weight excluding hydrogens is 326 g/mol. The molecular formula is C16H24N5O2S+. The number of unbranched alkanes of at least 4 members (excludes halogenated alkanes) is 1. The molecule has 2 aromatic heterocycles. The highest BCUT2D eigenvalue weighted by molar-refractivity contribution is 7.89. The van der Waals surface area contributed by atoms with Gasteiger partial charge >= 0.3 is 0 Å². The van der Waals surface area contributed by atoms with Crippen molar-refractivity contribution in [1.82, 2.24) is 14.4 Å². The van der Waals surface area contributed by atoms with E-state index in [1.54, 1.807) is 25.3 Å². The molecule has 0 bridgehead atoms. The van der Waals surface area contributed by atoms with Crippen molar-refractivity contribution in [1.29, 1.82) is 0 Å². The molecule has 0 saturated heterocycles. The Labute approximate surface area is 143 Å². The Morgan fingerprint density at radius 2 is 2.17 bits per heavy atom. The van der Waals surface area contributed by atoms with Crippen LogP contribution in [0, 0.1) is 6.92 Å². The molecule has 7 nitrogen and oxygen atoms in total. The van der Waals surface area contributed by atoms with Gasteiger partial charge in [-0.15, -0.1) is 0 Å². The third-order valence-corrected chi connectivity index (χ3v) is 5.04. The number of hydrogen-bond acceptors (Lipinski definition) is 4. The lowest BCUT2D eigenvalue weighted by Crippen LogP contribution is -2.29. The van der Waals surface area contributed by atoms with Crippen LogP contribution in [-0.4, -0.2) is 29.4 Å². The molecule has 0 spiro atoms. The van der Waals surface area contributed by atoms with Gasteiger partial charge in [0.15, 0.2) is 0 Å². The lowest BCUT2D eigenvalue weighted by Gasteiger charge is -2.05. The van der Waals surface area contributed by atoms with Crippen LogP contribution in [0.4, 0.5) is 0 Å². The molecule has 8 heteroatoms. The van der Waals surface area contributed by atoms with Gasteiger partial charge in [0.2, 0.25) is 10.0 Å². The van der Waals surface area contributed by atoms with Crippen molar-refractivity contribution in [3.63, 3.8) is 0 Å². The molecule has 2 heterocycles. The summed E-state index contributed by atoms with van der Waals surface area (Å²) >= 11 is 0. The highest BCUT2D eigenvalue weighted by atomic mass is 32.2. The van der Waals surface area contributed by atoms with Gasteiger partial charge in [-0.25, -0.2) is 22.4 Å². The van der Waals surface area contributed by atoms with Gasteiger partial charge in [0.25, 0.3) is 5.82 Å². The smallest absolute Gasteiger partial charge is 0.253 e. The van der Waals surface area contributed by atoms with Gasteiger partial charge in [0.1, 0.15) is 12.4 Å². The normalized spacial score (nSPS) is 12.4. The molecule has 130 valence electrons. The Bertz CT molecular complexity index is 797. The van der Waals surface area contributed by atoms with Gasteiger partial charge in [-0.2, -0.15) is 5.10 Å². The third kappa shape index (κ3) is 5.16. The minimum atomic E-state index is -3.42. The summed E-state index contributed by atoms with van der Waals surface area (Å²) in [6.07, 6.45) is 7.01. The zero-order valence-corrected chi connectivity index (χ0v) is 15.1. The molecule has 0 aliphatic heterocycles. The number of aryl methyl sites for hydroxylation is 2. The second-order valence-corrected chi connectivity index (χ2v) is 7.50. The van der Waals surface area contributed by atoms with Crippen LogP contribution in [0.25, 0.3) is 0 Å². The fourth-order valence-electron chi connectivity index (χ4n) is 2.23. The van der Waals surface area contributed by atoms with Crippen molar-refractivity contribution in [2.75, 3.05) is 5.75 Å². The van der Waals surface area contributed by atoms with E-state index in [1.165, 1.54) is 0 Å². The number of aromatic nitrogens is 3. The van der Waals surface area contributed by atoms with Gasteiger partial charge in [0.05, 0.1) is 30.8 Å². The van der Waals surface area contributed by atoms with E-state index in [4.69, 9.17) is 0 Å². The van der Waals surface area contributed by atoms with Crippen LogP contribution in [0.3, 0.4) is 0 Å². The molecule has 0 aromatic carbocycles. The fraction of sp³-hybridized carbons (Fsp3) is 0.438. The fourth-order valence-corrected chi connectivity index (χ4v) is 3.18. The van der Waals surface area contributed by atoms with Crippen LogP contribution in [-0.2, 0) is 23.6 Å². The van der Waals surface area contributed by atoms with Gasteiger partial charge in [-0.1, -0.05) is 6.07 Å². The molecule has 0 amide bonds. The van der Waals surface area contributed by atoms with Crippen molar-refractivity contribution < 1.29 is 13.0 Å². The molecule has 1 N–H and O–H groups in total. The van der Waals surface area contributed by atoms with Crippen molar-refractivity contribution in [2.24, 2.45) is 12.1 Å². The van der Waals surface area contributed by atoms with Crippen molar-refractivity contribution in [2.45, 2.75) is 33.2 Å². The number of sulfonamides is 1. The molecule has 0 atom stereocenters. The van der Waals surface area contributed by atoms with Crippen LogP contribution >= 0.6 is 0 Å². The van der Waals surface area contributed by atoms with Crippen LogP contribution in [0.5, 0.6) is 0 Å². The monoisotopic (exact) mass is 350 g/mol. The summed E-state index contributed by atoms with van der Waals surface area (Å²) in [5.74, 6) is 1.20. The summed E-state index contributed by atoms with van der Waals surface area (Å²) in [4.78, 5) is 6.41. The topological polar surface area (TPSA) is 80.2 Å². The van der Waals surface area contributed by atoms with Crippen LogP contribution in [0.1, 0.15) is 31.3 Å². The first-order valence-corrected chi connectivity index (χ1v) is 9.51. The van der Waals surface area contributed by atoms with Crippen LogP contribution < -0.4 is 9.40 Å². The number of nitrogens with zero attached hydrogens (tertiary/aromatic N) is 4. The van der Waals surface area contributed by atoms with Gasteiger partial charge < -0.3 is 0 Å². The summed E-state index contributed by atoms with van der Waals surface area (Å²) in [5.41, 5.74) is 1.19. The van der Waals surface area contributed by atoms with E-state index >= 15 is 0 Å². The van der Waals surface area contributed by atoms with E-state index < -0.39 is 10.0 Å². The maximum atomic E-state index is 12.0. The van der Waals surface area contributed by atoms with Crippen molar-refractivity contribution in [3.8, 4) is 0 Å². The predicted octanol–water partition coefficient (Wildman–Crippen LogP) is 1.14. The molecule has 0 fully saturated rings. The molecule has 24 heavy (non-hydrogen) atoms. The predicted molar refractivity (Wildman–Crippen MR) is 92.9 cm³/mol. The second-order valence-electron chi connectivity index (χ2n) is 5.68. The maximum absolute atomic E-state index is 12.0. The average Bonchev–Trinajstić information content (AvgIpc) is 2.89. The molecule has 0 saturated carbocycles. The van der Waals surface area contributed by atoms with E-state index in [2.05, 4.69) is 19.5 Å². The molecule has 2 rings (SSSR count). The lowest BCUT2D eigenvalue weighted by atomic mass is 10.3. The Balaban J connectivity index is 1.80. The summed E-state index contributed by atoms with van der Waals surface area (Å²) in [6, 6.07) is 5.42. The second kappa shape index (κ2) is 8.05. The van der Waals surface area contributed by atoms with E-state index in [9.17, 15) is 8.42 Å². The Morgan fingerprint density at radius 1 is 1.38 bits per heavy atom. The van der Waals surface area contributed by atoms with E-state index in [1.807, 2.05) is 37.0 Å². The van der Waals surface area contributed by atoms with Crippen molar-refractivity contribution >= 4 is 15.7 Å². The largest absolute Gasteiger partial charge is 0.255 e. The molecule has 0 unspecified atom stereocenters. The summed E-state index contributed by atoms with van der Waals surface area (Å²) in [6.45, 7) is 4.56. The van der Waals surface area contributed by atoms with Gasteiger partial charge in [0, 0.05) is 13.1 Å². The number of rotatable bonds is 8. The van der Waals surface area contributed by atoms with E-state index in [0.29, 0.717) is 17.8 Å². The minimum absolute atomic E-state index is 0.0540. The summed E-state index contributed by atoms with van der Waals surface area (Å²) < 4.78 is 28.1. The first-order valence-electron chi connectivity index (χ1n) is 7.85. The number of hydrogen-bond donors (Lipinski definition) is 1. The third-order valence-electron chi connectivity index (χ3n) is 3.85. The molecule has 0 aliphatic rings. The molecule has 0 radical (unpaired) electrons. The average molecular weight is 350 g/mol. The minimum Gasteiger partial charge on any atom is -0.255 e. The maximum Gasteiger partial charge on any atom is 0.253 e. The van der Waals surface area contributed by atoms with Crippen molar-refractivity contribution in [3.05, 3.63) is 48.3 Å². The Hall–Kier alpha value is -2.22. The number of hydrazone groups is 1. The Kier molecular flexibility index (Phi) is 6.08. The highest BCUT2D eigenvalue weighted by Gasteiger charge is 2.11. The standard InChI is InChI=1S/C16H24N5O2S/c1-14(16-8-4-5-9-17-16)18-19-24(22,23)13-7-6-10-21-12-11-20(3)15(21)2/h4-5,8-9,11-12,19H,6-7,10,13H2,1-3H3/q+1/b18-14-.